The molecule has 1 N–H and O–H groups in total. The fraction of sp³-hybridized carbons (Fsp3) is 0.0556. The second-order valence-corrected chi connectivity index (χ2v) is 5.75. The number of H-pyrrole nitrogens is 1. The first-order valence-electron chi connectivity index (χ1n) is 7.81. The van der Waals surface area contributed by atoms with Crippen LogP contribution in [0.25, 0.3) is 5.69 Å². The predicted molar refractivity (Wildman–Crippen MR) is 88.8 cm³/mol. The van der Waals surface area contributed by atoms with Crippen LogP contribution in [0.4, 0.5) is 26.3 Å². The van der Waals surface area contributed by atoms with E-state index in [-0.39, 0.29) is 10.6 Å². The first-order valence-corrected chi connectivity index (χ1v) is 7.81. The lowest BCUT2D eigenvalue weighted by molar-refractivity contribution is -0.141. The summed E-state index contributed by atoms with van der Waals surface area (Å²) >= 11 is 0. The highest BCUT2D eigenvalue weighted by molar-refractivity contribution is 5.52. The van der Waals surface area contributed by atoms with E-state index in [9.17, 15) is 35.9 Å². The minimum atomic E-state index is -5.03. The summed E-state index contributed by atoms with van der Waals surface area (Å²) in [6, 6.07) is 4.94. The Kier molecular flexibility index (Phi) is 5.13. The van der Waals surface area contributed by atoms with Gasteiger partial charge in [0.25, 0.3) is 5.56 Å². The summed E-state index contributed by atoms with van der Waals surface area (Å²) in [6.45, 7) is 0. The van der Waals surface area contributed by atoms with Gasteiger partial charge < -0.3 is 9.72 Å². The fourth-order valence-corrected chi connectivity index (χ4v) is 2.44. The van der Waals surface area contributed by atoms with E-state index < -0.39 is 63.3 Å². The third-order valence-corrected chi connectivity index (χ3v) is 3.76. The van der Waals surface area contributed by atoms with E-state index in [0.717, 1.165) is 12.1 Å². The predicted octanol–water partition coefficient (Wildman–Crippen LogP) is 3.63. The van der Waals surface area contributed by atoms with Crippen molar-refractivity contribution in [3.63, 3.8) is 0 Å². The second kappa shape index (κ2) is 7.43. The number of hydrogen-bond donors (Lipinski definition) is 1. The lowest BCUT2D eigenvalue weighted by atomic mass is 10.1. The maximum Gasteiger partial charge on any atom is 0.431 e. The maximum absolute atomic E-state index is 14.4. The van der Waals surface area contributed by atoms with Crippen molar-refractivity contribution < 1.29 is 31.1 Å². The van der Waals surface area contributed by atoms with Crippen molar-refractivity contribution in [3.05, 3.63) is 85.9 Å². The molecule has 0 atom stereocenters. The van der Waals surface area contributed by atoms with Crippen LogP contribution < -0.4 is 16.0 Å². The van der Waals surface area contributed by atoms with Gasteiger partial charge in [0.05, 0.1) is 11.3 Å². The van der Waals surface area contributed by atoms with Crippen LogP contribution in [-0.4, -0.2) is 9.55 Å². The normalized spacial score (nSPS) is 11.2. The molecule has 6 nitrogen and oxygen atoms in total. The fourth-order valence-electron chi connectivity index (χ4n) is 2.44. The van der Waals surface area contributed by atoms with Crippen molar-refractivity contribution in [3.8, 4) is 23.3 Å². The highest BCUT2D eigenvalue weighted by Crippen LogP contribution is 2.31. The van der Waals surface area contributed by atoms with Gasteiger partial charge in [-0.2, -0.15) is 18.4 Å². The molecule has 0 radical (unpaired) electrons. The van der Waals surface area contributed by atoms with Gasteiger partial charge >= 0.3 is 11.9 Å². The zero-order chi connectivity index (χ0) is 22.2. The lowest BCUT2D eigenvalue weighted by Gasteiger charge is -2.13. The molecule has 1 heterocycles. The number of nitrogens with one attached hydrogen (secondary N) is 1. The molecule has 0 spiro atoms. The number of nitrogens with zero attached hydrogens (tertiary/aromatic N) is 2. The number of nitriles is 1. The monoisotopic (exact) mass is 427 g/mol. The largest absolute Gasteiger partial charge is 0.453 e. The molecule has 30 heavy (non-hydrogen) atoms. The summed E-state index contributed by atoms with van der Waals surface area (Å²) in [5.41, 5.74) is -6.12. The Morgan fingerprint density at radius 1 is 0.967 bits per heavy atom. The Morgan fingerprint density at radius 3 is 2.23 bits per heavy atom. The molecule has 154 valence electrons. The van der Waals surface area contributed by atoms with Crippen molar-refractivity contribution in [1.82, 2.24) is 9.55 Å². The number of benzene rings is 2. The van der Waals surface area contributed by atoms with Crippen LogP contribution in [0.15, 0.2) is 46.0 Å². The average Bonchev–Trinajstić information content (AvgIpc) is 2.64. The van der Waals surface area contributed by atoms with Crippen LogP contribution in [0.3, 0.4) is 0 Å². The van der Waals surface area contributed by atoms with Crippen LogP contribution in [0, 0.1) is 28.8 Å². The molecule has 2 aromatic carbocycles. The van der Waals surface area contributed by atoms with Gasteiger partial charge in [0.15, 0.2) is 11.6 Å². The molecule has 0 amide bonds. The van der Waals surface area contributed by atoms with Gasteiger partial charge in [-0.25, -0.2) is 22.5 Å². The van der Waals surface area contributed by atoms with Crippen LogP contribution in [0.2, 0.25) is 0 Å². The van der Waals surface area contributed by atoms with Crippen molar-refractivity contribution in [2.45, 2.75) is 6.18 Å². The van der Waals surface area contributed by atoms with E-state index >= 15 is 0 Å². The van der Waals surface area contributed by atoms with Crippen molar-refractivity contribution >= 4 is 0 Å². The first-order chi connectivity index (χ1) is 14.0. The Morgan fingerprint density at radius 2 is 1.67 bits per heavy atom. The lowest BCUT2D eigenvalue weighted by Crippen LogP contribution is -2.36. The number of aromatic amines is 1. The van der Waals surface area contributed by atoms with Gasteiger partial charge in [-0.1, -0.05) is 0 Å². The van der Waals surface area contributed by atoms with Crippen molar-refractivity contribution in [1.29, 1.82) is 5.26 Å². The average molecular weight is 427 g/mol. The van der Waals surface area contributed by atoms with Crippen LogP contribution in [0.5, 0.6) is 11.5 Å². The van der Waals surface area contributed by atoms with E-state index in [0.29, 0.717) is 18.2 Å². The summed E-state index contributed by atoms with van der Waals surface area (Å²) in [5.74, 6) is -4.52. The number of rotatable bonds is 3. The molecule has 0 aliphatic rings. The Labute approximate surface area is 162 Å². The number of alkyl halides is 3. The summed E-state index contributed by atoms with van der Waals surface area (Å²) < 4.78 is 84.6. The quantitative estimate of drug-likeness (QED) is 0.647. The molecule has 0 unspecified atom stereocenters. The zero-order valence-corrected chi connectivity index (χ0v) is 14.4. The van der Waals surface area contributed by atoms with E-state index in [1.807, 2.05) is 0 Å². The molecule has 0 saturated carbocycles. The van der Waals surface area contributed by atoms with Gasteiger partial charge in [0.1, 0.15) is 29.1 Å². The highest BCUT2D eigenvalue weighted by Gasteiger charge is 2.33. The van der Waals surface area contributed by atoms with Crippen LogP contribution in [-0.2, 0) is 6.18 Å². The third kappa shape index (κ3) is 3.90. The first kappa shape index (κ1) is 20.7. The Balaban J connectivity index is 2.18. The van der Waals surface area contributed by atoms with E-state index in [4.69, 9.17) is 10.00 Å². The van der Waals surface area contributed by atoms with Gasteiger partial charge in [0, 0.05) is 18.2 Å². The summed E-state index contributed by atoms with van der Waals surface area (Å²) in [4.78, 5) is 25.5. The van der Waals surface area contributed by atoms with Gasteiger partial charge in [-0.15, -0.1) is 0 Å². The third-order valence-electron chi connectivity index (χ3n) is 3.76. The SMILES string of the molecule is N#Cc1cc(F)c(-n2c(=O)cc(C(F)(F)F)[nH]c2=O)cc1Oc1ccc(F)cc1F. The van der Waals surface area contributed by atoms with Crippen molar-refractivity contribution in [2.24, 2.45) is 0 Å². The number of halogens is 6. The molecule has 0 bridgehead atoms. The van der Waals surface area contributed by atoms with Gasteiger partial charge in [-0.3, -0.25) is 4.79 Å². The minimum Gasteiger partial charge on any atom is -0.453 e. The second-order valence-electron chi connectivity index (χ2n) is 5.75. The van der Waals surface area contributed by atoms with Crippen molar-refractivity contribution in [2.75, 3.05) is 0 Å². The molecule has 1 aromatic heterocycles. The molecular formula is C18H7F6N3O3. The van der Waals surface area contributed by atoms with E-state index in [1.165, 1.54) is 4.98 Å². The minimum absolute atomic E-state index is 0.0409. The summed E-state index contributed by atoms with van der Waals surface area (Å²) in [6.07, 6.45) is -5.03. The standard InChI is InChI=1S/C18H7F6N3O3/c19-9-1-2-13(11(21)4-9)30-14-5-12(10(20)3-8(14)7-25)27-16(28)6-15(18(22,23)24)26-17(27)29/h1-6H,(H,26,29). The van der Waals surface area contributed by atoms with Gasteiger partial charge in [-0.05, 0) is 18.2 Å². The molecule has 0 aliphatic heterocycles. The van der Waals surface area contributed by atoms with Crippen LogP contribution >= 0.6 is 0 Å². The highest BCUT2D eigenvalue weighted by atomic mass is 19.4. The smallest absolute Gasteiger partial charge is 0.431 e. The Bertz CT molecular complexity index is 1270. The maximum atomic E-state index is 14.4. The van der Waals surface area contributed by atoms with E-state index in [2.05, 4.69) is 0 Å². The van der Waals surface area contributed by atoms with Gasteiger partial charge in [0.2, 0.25) is 0 Å². The molecule has 0 fully saturated rings. The molecule has 0 saturated heterocycles. The zero-order valence-electron chi connectivity index (χ0n) is 14.4. The summed E-state index contributed by atoms with van der Waals surface area (Å²) in [5, 5.41) is 9.12. The molecule has 12 heteroatoms. The topological polar surface area (TPSA) is 87.9 Å². The molecule has 3 aromatic rings. The summed E-state index contributed by atoms with van der Waals surface area (Å²) in [7, 11) is 0. The molecule has 0 aliphatic carbocycles. The number of hydrogen-bond acceptors (Lipinski definition) is 4. The molecular weight excluding hydrogens is 420 g/mol. The molecule has 3 rings (SSSR count). The number of aromatic nitrogens is 2. The van der Waals surface area contributed by atoms with Crippen LogP contribution in [0.1, 0.15) is 11.3 Å². The Hall–Kier alpha value is -4.01. The van der Waals surface area contributed by atoms with E-state index in [1.54, 1.807) is 6.07 Å². The number of ether oxygens (including phenoxy) is 1.